The van der Waals surface area contributed by atoms with Gasteiger partial charge in [0.25, 0.3) is 0 Å². The predicted molar refractivity (Wildman–Crippen MR) is 257 cm³/mol. The molecule has 59 heavy (non-hydrogen) atoms. The Morgan fingerprint density at radius 2 is 0.525 bits per heavy atom. The van der Waals surface area contributed by atoms with Gasteiger partial charge < -0.3 is 30.4 Å². The van der Waals surface area contributed by atoms with Crippen molar-refractivity contribution in [2.24, 2.45) is 11.5 Å². The summed E-state index contributed by atoms with van der Waals surface area (Å²) in [5.41, 5.74) is 12.9. The van der Waals surface area contributed by atoms with Crippen LogP contribution in [0.4, 0.5) is 0 Å². The maximum absolute atomic E-state index is 7.95. The van der Waals surface area contributed by atoms with Crippen LogP contribution in [0.5, 0.6) is 23.0 Å². The van der Waals surface area contributed by atoms with Crippen LogP contribution in [0.2, 0.25) is 0 Å². The summed E-state index contributed by atoms with van der Waals surface area (Å²) in [4.78, 5) is 0. The average molecular weight is 866 g/mol. The Hall–Kier alpha value is -2.84. The summed E-state index contributed by atoms with van der Waals surface area (Å²) in [6, 6.07) is 11.1. The zero-order valence-electron chi connectivity index (χ0n) is 37.4. The minimum atomic E-state index is 0. The van der Waals surface area contributed by atoms with Crippen LogP contribution in [0.1, 0.15) is 211 Å². The number of unbranched alkanes of at least 4 members (excludes halogenated alkanes) is 26. The van der Waals surface area contributed by atoms with Crippen LogP contribution in [-0.4, -0.2) is 38.1 Å². The second-order valence-electron chi connectivity index (χ2n) is 16.2. The first-order valence-electron chi connectivity index (χ1n) is 23.4. The second-order valence-corrected chi connectivity index (χ2v) is 16.2. The molecule has 0 aliphatic carbocycles. The first-order chi connectivity index (χ1) is 27.9. The molecule has 0 saturated heterocycles. The Kier molecular flexibility index (Phi) is 37.4. The molecule has 0 radical (unpaired) electrons. The Bertz CT molecular complexity index is 1220. The molecule has 0 spiro atoms. The normalized spacial score (nSPS) is 10.7. The van der Waals surface area contributed by atoms with Crippen LogP contribution < -0.4 is 30.4 Å². The molecule has 0 fully saturated rings. The molecule has 6 N–H and O–H groups in total. The molecule has 0 atom stereocenters. The number of nitrogen functional groups attached to an aromatic ring is 2. The molecule has 2 rings (SSSR count). The fourth-order valence-electron chi connectivity index (χ4n) is 7.17. The number of hydrogen-bond donors (Lipinski definition) is 4. The molecule has 0 bridgehead atoms. The molecule has 2 aromatic rings. The number of ether oxygens (including phenoxy) is 4. The Balaban J connectivity index is 0.0000168. The van der Waals surface area contributed by atoms with Crippen molar-refractivity contribution in [2.45, 2.75) is 200 Å². The van der Waals surface area contributed by atoms with E-state index >= 15 is 0 Å². The van der Waals surface area contributed by atoms with E-state index in [-0.39, 0.29) is 36.5 Å². The van der Waals surface area contributed by atoms with E-state index in [9.17, 15) is 0 Å². The number of amidine groups is 2. The van der Waals surface area contributed by atoms with E-state index in [1.54, 1.807) is 0 Å². The maximum atomic E-state index is 7.95. The summed E-state index contributed by atoms with van der Waals surface area (Å²) in [7, 11) is 0. The molecule has 0 heterocycles. The van der Waals surface area contributed by atoms with Gasteiger partial charge in [-0.05, 0) is 56.4 Å². The smallest absolute Gasteiger partial charge is 0.123 e. The van der Waals surface area contributed by atoms with Gasteiger partial charge in [0.2, 0.25) is 0 Å². The number of hydrogen-bond acceptors (Lipinski definition) is 6. The van der Waals surface area contributed by atoms with Gasteiger partial charge in [0, 0.05) is 23.3 Å². The van der Waals surface area contributed by atoms with Crippen LogP contribution in [-0.2, 0) is 0 Å². The van der Waals surface area contributed by atoms with Crippen molar-refractivity contribution in [1.82, 2.24) is 0 Å². The molecule has 0 aliphatic heterocycles. The van der Waals surface area contributed by atoms with Crippen LogP contribution in [0.15, 0.2) is 36.4 Å². The third kappa shape index (κ3) is 30.8. The summed E-state index contributed by atoms with van der Waals surface area (Å²) < 4.78 is 24.2. The predicted octanol–water partition coefficient (Wildman–Crippen LogP) is 14.7. The van der Waals surface area contributed by atoms with Crippen LogP contribution in [0, 0.1) is 10.8 Å². The van der Waals surface area contributed by atoms with Gasteiger partial charge in [-0.25, -0.2) is 0 Å². The van der Waals surface area contributed by atoms with Crippen molar-refractivity contribution >= 4 is 36.5 Å². The van der Waals surface area contributed by atoms with Crippen molar-refractivity contribution < 1.29 is 18.9 Å². The Morgan fingerprint density at radius 1 is 0.339 bits per heavy atom. The largest absolute Gasteiger partial charge is 0.493 e. The quantitative estimate of drug-likeness (QED) is 0.0299. The van der Waals surface area contributed by atoms with Crippen molar-refractivity contribution in [3.05, 3.63) is 47.5 Å². The van der Waals surface area contributed by atoms with Crippen molar-refractivity contribution in [3.63, 3.8) is 0 Å². The monoisotopic (exact) mass is 865 g/mol. The lowest BCUT2D eigenvalue weighted by molar-refractivity contribution is 0.273. The van der Waals surface area contributed by atoms with E-state index in [4.69, 9.17) is 41.2 Å². The van der Waals surface area contributed by atoms with Crippen LogP contribution in [0.3, 0.4) is 0 Å². The molecule has 0 aliphatic rings. The first kappa shape index (κ1) is 56.2. The summed E-state index contributed by atoms with van der Waals surface area (Å²) in [6.45, 7) is 6.96. The molecule has 0 amide bonds. The fraction of sp³-hybridized carbons (Fsp3) is 0.714. The summed E-state index contributed by atoms with van der Waals surface area (Å²) in [6.07, 6.45) is 37.0. The van der Waals surface area contributed by atoms with E-state index < -0.39 is 0 Å². The molecular formula is C49H86Cl2N4O4. The van der Waals surface area contributed by atoms with Crippen molar-refractivity contribution in [2.75, 3.05) is 26.4 Å². The van der Waals surface area contributed by atoms with Gasteiger partial charge in [0.1, 0.15) is 34.7 Å². The van der Waals surface area contributed by atoms with E-state index in [0.29, 0.717) is 60.6 Å². The second kappa shape index (κ2) is 39.3. The molecule has 0 aromatic heterocycles. The van der Waals surface area contributed by atoms with E-state index in [1.807, 2.05) is 36.4 Å². The third-order valence-electron chi connectivity index (χ3n) is 10.7. The standard InChI is InChI=1S/C49H84N4O4.2ClH/c1-3-5-7-9-11-13-15-17-19-21-23-25-28-32-54-44-36-42(48(50)51)38-46(40-44)56-34-30-27-31-35-57-47-39-43(49(52)53)37-45(41-47)55-33-29-26-24-22-20-18-16-14-12-10-8-6-4-2;;/h36-41H,3-35H2,1-2H3,(H3,50,51)(H3,52,53);2*1H. The van der Waals surface area contributed by atoms with Gasteiger partial charge in [-0.1, -0.05) is 168 Å². The zero-order chi connectivity index (χ0) is 41.0. The molecular weight excluding hydrogens is 779 g/mol. The summed E-state index contributed by atoms with van der Waals surface area (Å²) in [5.74, 6) is 2.75. The van der Waals surface area contributed by atoms with Crippen molar-refractivity contribution in [3.8, 4) is 23.0 Å². The SMILES string of the molecule is CCCCCCCCCCCCCCCOc1cc(OCCCCCOc2cc(OCCCCCCCCCCCCCCC)cc(C(=N)N)c2)cc(C(=N)N)c1.Cl.Cl. The lowest BCUT2D eigenvalue weighted by atomic mass is 10.0. The number of halogens is 2. The number of rotatable bonds is 40. The topological polar surface area (TPSA) is 137 Å². The molecule has 0 saturated carbocycles. The van der Waals surface area contributed by atoms with Gasteiger partial charge >= 0.3 is 0 Å². The number of nitrogens with one attached hydrogen (secondary N) is 2. The zero-order valence-corrected chi connectivity index (χ0v) is 39.0. The van der Waals surface area contributed by atoms with Gasteiger partial charge in [-0.2, -0.15) is 0 Å². The highest BCUT2D eigenvalue weighted by Crippen LogP contribution is 2.26. The Labute approximate surface area is 373 Å². The molecule has 340 valence electrons. The first-order valence-corrected chi connectivity index (χ1v) is 23.4. The average Bonchev–Trinajstić information content (AvgIpc) is 3.20. The maximum Gasteiger partial charge on any atom is 0.123 e. The van der Waals surface area contributed by atoms with Crippen LogP contribution >= 0.6 is 24.8 Å². The minimum absolute atomic E-state index is 0. The number of benzene rings is 2. The fourth-order valence-corrected chi connectivity index (χ4v) is 7.17. The summed E-state index contributed by atoms with van der Waals surface area (Å²) >= 11 is 0. The van der Waals surface area contributed by atoms with E-state index in [2.05, 4.69) is 13.8 Å². The van der Waals surface area contributed by atoms with Gasteiger partial charge in [-0.3, -0.25) is 10.8 Å². The Morgan fingerprint density at radius 3 is 0.729 bits per heavy atom. The van der Waals surface area contributed by atoms with Gasteiger partial charge in [0.05, 0.1) is 26.4 Å². The summed E-state index contributed by atoms with van der Waals surface area (Å²) in [5, 5.41) is 15.9. The third-order valence-corrected chi connectivity index (χ3v) is 10.7. The highest BCUT2D eigenvalue weighted by atomic mass is 35.5. The molecule has 2 aromatic carbocycles. The number of nitrogens with two attached hydrogens (primary N) is 2. The lowest BCUT2D eigenvalue weighted by Crippen LogP contribution is -2.12. The molecule has 8 nitrogen and oxygen atoms in total. The van der Waals surface area contributed by atoms with Gasteiger partial charge in [0.15, 0.2) is 0 Å². The van der Waals surface area contributed by atoms with E-state index in [1.165, 1.54) is 154 Å². The van der Waals surface area contributed by atoms with Crippen LogP contribution in [0.25, 0.3) is 0 Å². The van der Waals surface area contributed by atoms with Crippen molar-refractivity contribution in [1.29, 1.82) is 10.8 Å². The highest BCUT2D eigenvalue weighted by molar-refractivity contribution is 5.96. The highest BCUT2D eigenvalue weighted by Gasteiger charge is 2.08. The lowest BCUT2D eigenvalue weighted by Gasteiger charge is -2.13. The van der Waals surface area contributed by atoms with E-state index in [0.717, 1.165) is 32.1 Å². The molecule has 10 heteroatoms. The minimum Gasteiger partial charge on any atom is -0.493 e. The molecule has 0 unspecified atom stereocenters. The van der Waals surface area contributed by atoms with Gasteiger partial charge in [-0.15, -0.1) is 24.8 Å².